The molecule has 1 aliphatic heterocycles. The number of anilines is 1. The number of aliphatic imine (C=N–C) groups is 1. The molecule has 0 aliphatic carbocycles. The predicted molar refractivity (Wildman–Crippen MR) is 107 cm³/mol. The first-order chi connectivity index (χ1) is 12.3. The van der Waals surface area contributed by atoms with Gasteiger partial charge in [0.25, 0.3) is 0 Å². The lowest BCUT2D eigenvalue weighted by atomic mass is 10.1. The fraction of sp³-hybridized carbons (Fsp3) is 0.474. The largest absolute Gasteiger partial charge is 0.363 e. The summed E-state index contributed by atoms with van der Waals surface area (Å²) in [5.41, 5.74) is 2.58. The van der Waals surface area contributed by atoms with Crippen molar-refractivity contribution in [3.63, 3.8) is 0 Å². The lowest BCUT2D eigenvalue weighted by Gasteiger charge is -2.33. The van der Waals surface area contributed by atoms with Crippen LogP contribution < -0.4 is 15.5 Å². The molecule has 3 rings (SSSR count). The second-order valence-corrected chi connectivity index (χ2v) is 7.33. The number of nitrogens with zero attached hydrogens (tertiary/aromatic N) is 3. The van der Waals surface area contributed by atoms with Gasteiger partial charge in [0.05, 0.1) is 5.00 Å². The number of aromatic nitrogens is 1. The maximum atomic E-state index is 4.38. The molecule has 25 heavy (non-hydrogen) atoms. The number of aryl methyl sites for hydroxylation is 1. The molecule has 2 aromatic heterocycles. The molecule has 0 atom stereocenters. The zero-order chi connectivity index (χ0) is 17.5. The summed E-state index contributed by atoms with van der Waals surface area (Å²) in [6.45, 7) is 5.19. The van der Waals surface area contributed by atoms with Crippen molar-refractivity contribution in [1.29, 1.82) is 0 Å². The Morgan fingerprint density at radius 2 is 2.20 bits per heavy atom. The third-order valence-corrected chi connectivity index (χ3v) is 5.63. The van der Waals surface area contributed by atoms with Gasteiger partial charge < -0.3 is 15.5 Å². The molecule has 1 saturated heterocycles. The molecule has 5 nitrogen and oxygen atoms in total. The van der Waals surface area contributed by atoms with Crippen LogP contribution in [0.4, 0.5) is 5.00 Å². The monoisotopic (exact) mass is 357 g/mol. The highest BCUT2D eigenvalue weighted by Crippen LogP contribution is 2.24. The number of rotatable bonds is 5. The quantitative estimate of drug-likeness (QED) is 0.638. The van der Waals surface area contributed by atoms with Crippen molar-refractivity contribution < 1.29 is 0 Å². The van der Waals surface area contributed by atoms with Gasteiger partial charge in [0, 0.05) is 45.1 Å². The van der Waals surface area contributed by atoms with E-state index in [-0.39, 0.29) is 0 Å². The molecule has 1 fully saturated rings. The third-order valence-electron chi connectivity index (χ3n) is 4.70. The minimum Gasteiger partial charge on any atom is -0.363 e. The van der Waals surface area contributed by atoms with Crippen molar-refractivity contribution in [2.24, 2.45) is 4.99 Å². The molecule has 0 amide bonds. The number of guanidine groups is 1. The van der Waals surface area contributed by atoms with Crippen molar-refractivity contribution in [2.45, 2.75) is 32.2 Å². The summed E-state index contributed by atoms with van der Waals surface area (Å²) in [6, 6.07) is 6.92. The summed E-state index contributed by atoms with van der Waals surface area (Å²) in [7, 11) is 1.84. The molecule has 0 aromatic carbocycles. The topological polar surface area (TPSA) is 52.6 Å². The van der Waals surface area contributed by atoms with Crippen LogP contribution in [0, 0.1) is 6.92 Å². The molecule has 1 aliphatic rings. The van der Waals surface area contributed by atoms with Gasteiger partial charge in [-0.05, 0) is 60.9 Å². The van der Waals surface area contributed by atoms with Crippen LogP contribution in [0.15, 0.2) is 41.0 Å². The van der Waals surface area contributed by atoms with Crippen molar-refractivity contribution in [3.05, 3.63) is 47.1 Å². The Morgan fingerprint density at radius 1 is 1.36 bits per heavy atom. The molecule has 0 saturated carbocycles. The van der Waals surface area contributed by atoms with Crippen LogP contribution in [0.2, 0.25) is 0 Å². The van der Waals surface area contributed by atoms with E-state index in [1.54, 1.807) is 0 Å². The normalized spacial score (nSPS) is 16.1. The first kappa shape index (κ1) is 17.7. The van der Waals surface area contributed by atoms with Crippen LogP contribution in [-0.4, -0.2) is 43.7 Å². The van der Waals surface area contributed by atoms with E-state index in [0.717, 1.165) is 44.9 Å². The van der Waals surface area contributed by atoms with Gasteiger partial charge in [-0.3, -0.25) is 9.98 Å². The molecule has 0 bridgehead atoms. The fourth-order valence-corrected chi connectivity index (χ4v) is 3.97. The summed E-state index contributed by atoms with van der Waals surface area (Å²) in [5.74, 6) is 0.904. The van der Waals surface area contributed by atoms with E-state index in [1.165, 1.54) is 16.1 Å². The number of piperidine rings is 1. The van der Waals surface area contributed by atoms with E-state index in [0.29, 0.717) is 6.04 Å². The Balaban J connectivity index is 1.41. The first-order valence-electron chi connectivity index (χ1n) is 8.91. The minimum atomic E-state index is 0.491. The molecule has 2 N–H and O–H groups in total. The number of nitrogens with one attached hydrogen (secondary N) is 2. The van der Waals surface area contributed by atoms with E-state index in [9.17, 15) is 0 Å². The summed E-state index contributed by atoms with van der Waals surface area (Å²) in [4.78, 5) is 11.0. The maximum absolute atomic E-state index is 4.38. The number of hydrogen-bond donors (Lipinski definition) is 2. The summed E-state index contributed by atoms with van der Waals surface area (Å²) in [6.07, 6.45) is 7.04. The molecule has 3 heterocycles. The van der Waals surface area contributed by atoms with Gasteiger partial charge in [-0.1, -0.05) is 0 Å². The van der Waals surface area contributed by atoms with E-state index < -0.39 is 0 Å². The lowest BCUT2D eigenvalue weighted by Crippen LogP contribution is -2.49. The number of pyridine rings is 1. The molecule has 0 unspecified atom stereocenters. The smallest absolute Gasteiger partial charge is 0.191 e. The van der Waals surface area contributed by atoms with Crippen molar-refractivity contribution in [1.82, 2.24) is 15.6 Å². The van der Waals surface area contributed by atoms with Crippen LogP contribution in [0.1, 0.15) is 24.0 Å². The van der Waals surface area contributed by atoms with Gasteiger partial charge >= 0.3 is 0 Å². The summed E-state index contributed by atoms with van der Waals surface area (Å²) in [5, 5.41) is 10.5. The van der Waals surface area contributed by atoms with Gasteiger partial charge in [0.2, 0.25) is 0 Å². The summed E-state index contributed by atoms with van der Waals surface area (Å²) >= 11 is 1.82. The lowest BCUT2D eigenvalue weighted by molar-refractivity contribution is 0.463. The van der Waals surface area contributed by atoms with Crippen LogP contribution >= 0.6 is 11.3 Å². The Kier molecular flexibility index (Phi) is 6.28. The molecule has 134 valence electrons. The second-order valence-electron chi connectivity index (χ2n) is 6.41. The van der Waals surface area contributed by atoms with Gasteiger partial charge in [0.15, 0.2) is 5.96 Å². The fourth-order valence-electron chi connectivity index (χ4n) is 3.18. The Morgan fingerprint density at radius 3 is 2.88 bits per heavy atom. The van der Waals surface area contributed by atoms with Crippen LogP contribution in [-0.2, 0) is 6.42 Å². The van der Waals surface area contributed by atoms with Crippen molar-refractivity contribution in [2.75, 3.05) is 31.6 Å². The van der Waals surface area contributed by atoms with E-state index in [1.807, 2.05) is 30.8 Å². The molecule has 0 radical (unpaired) electrons. The van der Waals surface area contributed by atoms with Gasteiger partial charge in [-0.2, -0.15) is 0 Å². The predicted octanol–water partition coefficient (Wildman–Crippen LogP) is 2.83. The van der Waals surface area contributed by atoms with E-state index in [4.69, 9.17) is 0 Å². The van der Waals surface area contributed by atoms with Crippen LogP contribution in [0.25, 0.3) is 0 Å². The Bertz CT molecular complexity index is 675. The van der Waals surface area contributed by atoms with Crippen LogP contribution in [0.3, 0.4) is 0 Å². The number of thiophene rings is 1. The third kappa shape index (κ3) is 4.95. The molecule has 0 spiro atoms. The zero-order valence-corrected chi connectivity index (χ0v) is 15.9. The highest BCUT2D eigenvalue weighted by molar-refractivity contribution is 7.14. The molecular weight excluding hydrogens is 330 g/mol. The van der Waals surface area contributed by atoms with Crippen LogP contribution in [0.5, 0.6) is 0 Å². The molecule has 6 heteroatoms. The van der Waals surface area contributed by atoms with Gasteiger partial charge in [-0.15, -0.1) is 11.3 Å². The zero-order valence-electron chi connectivity index (χ0n) is 15.0. The average molecular weight is 358 g/mol. The van der Waals surface area contributed by atoms with Gasteiger partial charge in [-0.25, -0.2) is 0 Å². The number of hydrogen-bond acceptors (Lipinski definition) is 4. The maximum Gasteiger partial charge on any atom is 0.191 e. The summed E-state index contributed by atoms with van der Waals surface area (Å²) < 4.78 is 0. The SMILES string of the molecule is CN=C(NCCc1ccncc1C)NC1CCN(c2cccs2)CC1. The Labute approximate surface area is 154 Å². The second kappa shape index (κ2) is 8.85. The highest BCUT2D eigenvalue weighted by atomic mass is 32.1. The average Bonchev–Trinajstić information content (AvgIpc) is 3.17. The Hall–Kier alpha value is -2.08. The van der Waals surface area contributed by atoms with E-state index in [2.05, 4.69) is 56.0 Å². The standard InChI is InChI=1S/C19H27N5S/c1-15-14-21-9-5-16(15)6-10-22-19(20-2)23-17-7-11-24(12-8-17)18-4-3-13-25-18/h3-5,9,13-14,17H,6-8,10-12H2,1-2H3,(H2,20,22,23). The van der Waals surface area contributed by atoms with E-state index >= 15 is 0 Å². The highest BCUT2D eigenvalue weighted by Gasteiger charge is 2.20. The molecular formula is C19H27N5S. The van der Waals surface area contributed by atoms with Gasteiger partial charge in [0.1, 0.15) is 0 Å². The van der Waals surface area contributed by atoms with Crippen molar-refractivity contribution >= 4 is 22.3 Å². The van der Waals surface area contributed by atoms with Crippen molar-refractivity contribution in [3.8, 4) is 0 Å². The minimum absolute atomic E-state index is 0.491. The molecule has 2 aromatic rings. The first-order valence-corrected chi connectivity index (χ1v) is 9.79.